The first-order valence-corrected chi connectivity index (χ1v) is 4.78. The standard InChI is InChI=1S/C10H13N3O3/c1-7(11)10(14)12-6-8-4-2-3-5-9(8)13(15)16/h2-5,7H,6,11H2,1H3,(H,12,14)/t7-/m1/s1. The second kappa shape index (κ2) is 5.22. The molecular formula is C10H13N3O3. The van der Waals surface area contributed by atoms with Gasteiger partial charge in [-0.3, -0.25) is 14.9 Å². The van der Waals surface area contributed by atoms with Crippen molar-refractivity contribution in [3.05, 3.63) is 39.9 Å². The van der Waals surface area contributed by atoms with Gasteiger partial charge in [0.25, 0.3) is 5.69 Å². The Bertz CT molecular complexity index is 404. The zero-order valence-electron chi connectivity index (χ0n) is 8.84. The molecule has 0 radical (unpaired) electrons. The van der Waals surface area contributed by atoms with Gasteiger partial charge in [0.1, 0.15) is 0 Å². The Balaban J connectivity index is 2.74. The summed E-state index contributed by atoms with van der Waals surface area (Å²) in [5.74, 6) is -0.335. The first-order valence-electron chi connectivity index (χ1n) is 4.78. The molecule has 1 aromatic carbocycles. The minimum absolute atomic E-state index is 0.00697. The Morgan fingerprint density at radius 1 is 1.56 bits per heavy atom. The van der Waals surface area contributed by atoms with E-state index in [1.165, 1.54) is 6.07 Å². The molecule has 1 atom stereocenters. The van der Waals surface area contributed by atoms with Gasteiger partial charge in [0.2, 0.25) is 5.91 Å². The number of nitrogens with one attached hydrogen (secondary N) is 1. The van der Waals surface area contributed by atoms with E-state index < -0.39 is 11.0 Å². The van der Waals surface area contributed by atoms with Gasteiger partial charge in [-0.1, -0.05) is 18.2 Å². The lowest BCUT2D eigenvalue weighted by Crippen LogP contribution is -2.37. The van der Waals surface area contributed by atoms with Crippen molar-refractivity contribution < 1.29 is 9.72 Å². The quantitative estimate of drug-likeness (QED) is 0.575. The highest BCUT2D eigenvalue weighted by Crippen LogP contribution is 2.16. The second-order valence-electron chi connectivity index (χ2n) is 3.39. The number of rotatable bonds is 4. The lowest BCUT2D eigenvalue weighted by atomic mass is 10.2. The first-order chi connectivity index (χ1) is 7.52. The molecule has 0 spiro atoms. The molecule has 1 rings (SSSR count). The number of hydrogen-bond donors (Lipinski definition) is 2. The van der Waals surface area contributed by atoms with E-state index in [0.29, 0.717) is 5.56 Å². The van der Waals surface area contributed by atoms with Crippen molar-refractivity contribution in [2.75, 3.05) is 0 Å². The second-order valence-corrected chi connectivity index (χ2v) is 3.39. The van der Waals surface area contributed by atoms with Crippen LogP contribution in [-0.4, -0.2) is 16.9 Å². The largest absolute Gasteiger partial charge is 0.350 e. The maximum absolute atomic E-state index is 11.2. The summed E-state index contributed by atoms with van der Waals surface area (Å²) in [4.78, 5) is 21.4. The van der Waals surface area contributed by atoms with Gasteiger partial charge < -0.3 is 11.1 Å². The molecular weight excluding hydrogens is 210 g/mol. The normalized spacial score (nSPS) is 11.9. The van der Waals surface area contributed by atoms with Gasteiger partial charge in [-0.2, -0.15) is 0 Å². The third-order valence-electron chi connectivity index (χ3n) is 2.05. The summed E-state index contributed by atoms with van der Waals surface area (Å²) in [5.41, 5.74) is 5.80. The Hall–Kier alpha value is -1.95. The fraction of sp³-hybridized carbons (Fsp3) is 0.300. The monoisotopic (exact) mass is 223 g/mol. The number of carbonyl (C=O) groups is 1. The summed E-state index contributed by atoms with van der Waals surface area (Å²) in [6.45, 7) is 1.66. The van der Waals surface area contributed by atoms with Crippen LogP contribution in [0.25, 0.3) is 0 Å². The molecule has 0 saturated heterocycles. The van der Waals surface area contributed by atoms with Gasteiger partial charge in [0, 0.05) is 18.2 Å². The van der Waals surface area contributed by atoms with E-state index in [1.807, 2.05) is 0 Å². The molecule has 0 aliphatic heterocycles. The zero-order valence-corrected chi connectivity index (χ0v) is 8.84. The fourth-order valence-electron chi connectivity index (χ4n) is 1.18. The molecule has 0 heterocycles. The number of benzene rings is 1. The predicted octanol–water partition coefficient (Wildman–Crippen LogP) is 0.558. The van der Waals surface area contributed by atoms with Crippen LogP contribution in [0.3, 0.4) is 0 Å². The van der Waals surface area contributed by atoms with E-state index in [0.717, 1.165) is 0 Å². The number of nitro benzene ring substituents is 1. The average molecular weight is 223 g/mol. The highest BCUT2D eigenvalue weighted by Gasteiger charge is 2.13. The van der Waals surface area contributed by atoms with Gasteiger partial charge in [0.05, 0.1) is 11.0 Å². The molecule has 1 amide bonds. The van der Waals surface area contributed by atoms with Crippen LogP contribution in [-0.2, 0) is 11.3 Å². The molecule has 1 aromatic rings. The Morgan fingerprint density at radius 3 is 2.75 bits per heavy atom. The van der Waals surface area contributed by atoms with Crippen molar-refractivity contribution in [1.29, 1.82) is 0 Å². The van der Waals surface area contributed by atoms with Crippen molar-refractivity contribution in [3.63, 3.8) is 0 Å². The van der Waals surface area contributed by atoms with Crippen LogP contribution in [0.4, 0.5) is 5.69 Å². The number of carbonyl (C=O) groups excluding carboxylic acids is 1. The third kappa shape index (κ3) is 3.03. The summed E-state index contributed by atoms with van der Waals surface area (Å²) in [6, 6.07) is 5.63. The van der Waals surface area contributed by atoms with E-state index in [1.54, 1.807) is 25.1 Å². The molecule has 0 unspecified atom stereocenters. The van der Waals surface area contributed by atoms with Crippen molar-refractivity contribution in [2.24, 2.45) is 5.73 Å². The number of hydrogen-bond acceptors (Lipinski definition) is 4. The van der Waals surface area contributed by atoms with Crippen LogP contribution in [0.1, 0.15) is 12.5 Å². The van der Waals surface area contributed by atoms with Crippen molar-refractivity contribution in [2.45, 2.75) is 19.5 Å². The summed E-state index contributed by atoms with van der Waals surface area (Å²) in [7, 11) is 0. The third-order valence-corrected chi connectivity index (χ3v) is 2.05. The van der Waals surface area contributed by atoms with Crippen molar-refractivity contribution in [1.82, 2.24) is 5.32 Å². The average Bonchev–Trinajstić information content (AvgIpc) is 2.25. The number of para-hydroxylation sites is 1. The van der Waals surface area contributed by atoms with Gasteiger partial charge >= 0.3 is 0 Å². The lowest BCUT2D eigenvalue weighted by molar-refractivity contribution is -0.385. The summed E-state index contributed by atoms with van der Waals surface area (Å²) < 4.78 is 0. The topological polar surface area (TPSA) is 98.3 Å². The van der Waals surface area contributed by atoms with Crippen LogP contribution < -0.4 is 11.1 Å². The summed E-state index contributed by atoms with van der Waals surface area (Å²) in [6.07, 6.45) is 0. The Kier molecular flexibility index (Phi) is 3.96. The minimum atomic E-state index is -0.622. The maximum atomic E-state index is 11.2. The SMILES string of the molecule is C[C@@H](N)C(=O)NCc1ccccc1[N+](=O)[O-]. The lowest BCUT2D eigenvalue weighted by Gasteiger charge is -2.07. The Morgan fingerprint density at radius 2 is 2.19 bits per heavy atom. The van der Waals surface area contributed by atoms with Crippen LogP contribution in [0.5, 0.6) is 0 Å². The molecule has 6 nitrogen and oxygen atoms in total. The van der Waals surface area contributed by atoms with Gasteiger partial charge in [-0.25, -0.2) is 0 Å². The molecule has 0 saturated carbocycles. The predicted molar refractivity (Wildman–Crippen MR) is 58.6 cm³/mol. The molecule has 0 fully saturated rings. The van der Waals surface area contributed by atoms with E-state index in [-0.39, 0.29) is 18.1 Å². The summed E-state index contributed by atoms with van der Waals surface area (Å²) >= 11 is 0. The van der Waals surface area contributed by atoms with E-state index in [2.05, 4.69) is 5.32 Å². The number of amides is 1. The van der Waals surface area contributed by atoms with Gasteiger partial charge in [0.15, 0.2) is 0 Å². The van der Waals surface area contributed by atoms with Crippen molar-refractivity contribution >= 4 is 11.6 Å². The zero-order chi connectivity index (χ0) is 12.1. The van der Waals surface area contributed by atoms with Crippen molar-refractivity contribution in [3.8, 4) is 0 Å². The first kappa shape index (κ1) is 12.1. The highest BCUT2D eigenvalue weighted by atomic mass is 16.6. The molecule has 0 aliphatic carbocycles. The minimum Gasteiger partial charge on any atom is -0.350 e. The van der Waals surface area contributed by atoms with Crippen LogP contribution in [0.15, 0.2) is 24.3 Å². The summed E-state index contributed by atoms with van der Waals surface area (Å²) in [5, 5.41) is 13.2. The molecule has 0 aliphatic rings. The molecule has 86 valence electrons. The molecule has 16 heavy (non-hydrogen) atoms. The van der Waals surface area contributed by atoms with Crippen LogP contribution in [0, 0.1) is 10.1 Å². The van der Waals surface area contributed by atoms with Crippen LogP contribution in [0.2, 0.25) is 0 Å². The smallest absolute Gasteiger partial charge is 0.274 e. The highest BCUT2D eigenvalue weighted by molar-refractivity contribution is 5.81. The van der Waals surface area contributed by atoms with E-state index in [9.17, 15) is 14.9 Å². The molecule has 0 aromatic heterocycles. The van der Waals surface area contributed by atoms with E-state index >= 15 is 0 Å². The molecule has 3 N–H and O–H groups in total. The molecule has 6 heteroatoms. The Labute approximate surface area is 92.6 Å². The number of nitrogens with two attached hydrogens (primary N) is 1. The fourth-order valence-corrected chi connectivity index (χ4v) is 1.18. The van der Waals surface area contributed by atoms with Gasteiger partial charge in [-0.15, -0.1) is 0 Å². The molecule has 0 bridgehead atoms. The number of nitro groups is 1. The number of nitrogens with zero attached hydrogens (tertiary/aromatic N) is 1. The van der Waals surface area contributed by atoms with Crippen LogP contribution >= 0.6 is 0 Å². The maximum Gasteiger partial charge on any atom is 0.274 e. The van der Waals surface area contributed by atoms with E-state index in [4.69, 9.17) is 5.73 Å². The van der Waals surface area contributed by atoms with Gasteiger partial charge in [-0.05, 0) is 6.92 Å².